The number of anilines is 1. The number of nitrogens with zero attached hydrogens (tertiary/aromatic N) is 2. The summed E-state index contributed by atoms with van der Waals surface area (Å²) in [5, 5.41) is 4.07. The Morgan fingerprint density at radius 2 is 1.79 bits per heavy atom. The molecule has 2 heterocycles. The van der Waals surface area contributed by atoms with E-state index in [0.29, 0.717) is 5.88 Å². The Morgan fingerprint density at radius 1 is 1.05 bits per heavy atom. The van der Waals surface area contributed by atoms with Crippen LogP contribution in [-0.4, -0.2) is 10.1 Å². The molecule has 4 nitrogen and oxygen atoms in total. The van der Waals surface area contributed by atoms with Gasteiger partial charge in [0.05, 0.1) is 5.56 Å². The van der Waals surface area contributed by atoms with E-state index in [9.17, 15) is 0 Å². The molecule has 0 saturated heterocycles. The van der Waals surface area contributed by atoms with Crippen LogP contribution < -0.4 is 5.73 Å². The molecule has 3 rings (SSSR count). The predicted molar refractivity (Wildman–Crippen MR) is 77.3 cm³/mol. The number of aromatic nitrogens is 2. The first kappa shape index (κ1) is 11.9. The van der Waals surface area contributed by atoms with Crippen LogP contribution in [0.25, 0.3) is 22.4 Å². The van der Waals surface area contributed by atoms with Gasteiger partial charge in [0.25, 0.3) is 0 Å². The number of nitrogen functional groups attached to an aromatic ring is 1. The second-order valence-electron chi connectivity index (χ2n) is 3.99. The number of nitrogens with two attached hydrogens (primary N) is 1. The van der Waals surface area contributed by atoms with Crippen molar-refractivity contribution in [3.05, 3.63) is 53.3 Å². The molecule has 0 aliphatic carbocycles. The van der Waals surface area contributed by atoms with Crippen molar-refractivity contribution < 1.29 is 4.52 Å². The van der Waals surface area contributed by atoms with Gasteiger partial charge < -0.3 is 10.3 Å². The fourth-order valence-corrected chi connectivity index (χ4v) is 2.41. The van der Waals surface area contributed by atoms with E-state index in [4.69, 9.17) is 10.3 Å². The quantitative estimate of drug-likeness (QED) is 0.782. The molecule has 0 bridgehead atoms. The van der Waals surface area contributed by atoms with E-state index in [2.05, 4.69) is 26.1 Å². The minimum absolute atomic E-state index is 0.303. The number of hydrogen-bond acceptors (Lipinski definition) is 4. The zero-order valence-corrected chi connectivity index (χ0v) is 11.5. The number of benzene rings is 1. The molecule has 0 aliphatic heterocycles. The molecule has 1 aromatic carbocycles. The maximum Gasteiger partial charge on any atom is 0.230 e. The molecular weight excluding hydrogens is 306 g/mol. The normalized spacial score (nSPS) is 10.6. The Labute approximate surface area is 118 Å². The van der Waals surface area contributed by atoms with Crippen molar-refractivity contribution >= 4 is 21.8 Å². The summed E-state index contributed by atoms with van der Waals surface area (Å²) < 4.78 is 6.09. The Bertz CT molecular complexity index is 710. The van der Waals surface area contributed by atoms with Gasteiger partial charge in [-0.2, -0.15) is 0 Å². The van der Waals surface area contributed by atoms with Crippen LogP contribution in [0.1, 0.15) is 0 Å². The van der Waals surface area contributed by atoms with E-state index >= 15 is 0 Å². The third-order valence-electron chi connectivity index (χ3n) is 2.82. The Hall–Kier alpha value is -2.14. The van der Waals surface area contributed by atoms with Crippen molar-refractivity contribution in [1.29, 1.82) is 0 Å². The van der Waals surface area contributed by atoms with Crippen LogP contribution in [0, 0.1) is 0 Å². The lowest BCUT2D eigenvalue weighted by Crippen LogP contribution is -1.88. The highest BCUT2D eigenvalue weighted by molar-refractivity contribution is 9.10. The van der Waals surface area contributed by atoms with Crippen molar-refractivity contribution in [2.24, 2.45) is 0 Å². The summed E-state index contributed by atoms with van der Waals surface area (Å²) in [6.45, 7) is 0. The van der Waals surface area contributed by atoms with Gasteiger partial charge in [-0.3, -0.25) is 4.98 Å². The number of rotatable bonds is 2. The van der Waals surface area contributed by atoms with Crippen LogP contribution in [-0.2, 0) is 0 Å². The summed E-state index contributed by atoms with van der Waals surface area (Å²) in [7, 11) is 0. The van der Waals surface area contributed by atoms with Crippen LogP contribution in [0.2, 0.25) is 0 Å². The van der Waals surface area contributed by atoms with Crippen molar-refractivity contribution in [3.63, 3.8) is 0 Å². The summed E-state index contributed by atoms with van der Waals surface area (Å²) in [6, 6.07) is 11.6. The van der Waals surface area contributed by atoms with E-state index in [1.165, 1.54) is 0 Å². The van der Waals surface area contributed by atoms with Gasteiger partial charge in [0, 0.05) is 22.4 Å². The molecule has 19 heavy (non-hydrogen) atoms. The maximum atomic E-state index is 5.90. The summed E-state index contributed by atoms with van der Waals surface area (Å²) in [5.74, 6) is 0.303. The average molecular weight is 316 g/mol. The molecular formula is C14H10BrN3O. The summed E-state index contributed by atoms with van der Waals surface area (Å²) in [6.07, 6.45) is 3.43. The fraction of sp³-hybridized carbons (Fsp3) is 0. The largest absolute Gasteiger partial charge is 0.367 e. The highest BCUT2D eigenvalue weighted by Gasteiger charge is 2.18. The molecule has 0 saturated carbocycles. The van der Waals surface area contributed by atoms with Crippen LogP contribution >= 0.6 is 15.9 Å². The molecule has 94 valence electrons. The van der Waals surface area contributed by atoms with Gasteiger partial charge in [0.2, 0.25) is 5.88 Å². The SMILES string of the molecule is Nc1onc(-c2ccccc2Br)c1-c1ccncc1. The van der Waals surface area contributed by atoms with Gasteiger partial charge in [-0.15, -0.1) is 0 Å². The van der Waals surface area contributed by atoms with Gasteiger partial charge in [-0.1, -0.05) is 39.3 Å². The van der Waals surface area contributed by atoms with Crippen LogP contribution in [0.4, 0.5) is 5.88 Å². The molecule has 2 aromatic heterocycles. The van der Waals surface area contributed by atoms with Gasteiger partial charge in [0.1, 0.15) is 5.69 Å². The molecule has 0 atom stereocenters. The molecule has 0 unspecified atom stereocenters. The average Bonchev–Trinajstić information content (AvgIpc) is 2.82. The second kappa shape index (κ2) is 4.85. The molecule has 2 N–H and O–H groups in total. The minimum atomic E-state index is 0.303. The van der Waals surface area contributed by atoms with Crippen molar-refractivity contribution in [2.75, 3.05) is 5.73 Å². The minimum Gasteiger partial charge on any atom is -0.367 e. The lowest BCUT2D eigenvalue weighted by molar-refractivity contribution is 0.439. The van der Waals surface area contributed by atoms with Gasteiger partial charge in [0.15, 0.2) is 0 Å². The Kier molecular flexibility index (Phi) is 3.05. The summed E-state index contributed by atoms with van der Waals surface area (Å²) in [4.78, 5) is 4.00. The lowest BCUT2D eigenvalue weighted by atomic mass is 10.0. The number of pyridine rings is 1. The van der Waals surface area contributed by atoms with Gasteiger partial charge in [-0.25, -0.2) is 0 Å². The first-order valence-corrected chi connectivity index (χ1v) is 6.47. The third-order valence-corrected chi connectivity index (χ3v) is 3.51. The molecule has 0 amide bonds. The second-order valence-corrected chi connectivity index (χ2v) is 4.84. The van der Waals surface area contributed by atoms with E-state index in [1.807, 2.05) is 36.4 Å². The molecule has 0 radical (unpaired) electrons. The summed E-state index contributed by atoms with van der Waals surface area (Å²) in [5.41, 5.74) is 9.27. The number of hydrogen-bond donors (Lipinski definition) is 1. The number of halogens is 1. The summed E-state index contributed by atoms with van der Waals surface area (Å²) >= 11 is 3.51. The zero-order valence-electron chi connectivity index (χ0n) is 9.88. The van der Waals surface area contributed by atoms with Crippen LogP contribution in [0.5, 0.6) is 0 Å². The van der Waals surface area contributed by atoms with Gasteiger partial charge >= 0.3 is 0 Å². The standard InChI is InChI=1S/C14H10BrN3O/c15-11-4-2-1-3-10(11)13-12(14(16)19-18-13)9-5-7-17-8-6-9/h1-8H,16H2. The van der Waals surface area contributed by atoms with Gasteiger partial charge in [-0.05, 0) is 23.8 Å². The van der Waals surface area contributed by atoms with E-state index in [-0.39, 0.29) is 0 Å². The van der Waals surface area contributed by atoms with Crippen LogP contribution in [0.3, 0.4) is 0 Å². The molecule has 0 spiro atoms. The van der Waals surface area contributed by atoms with Crippen molar-refractivity contribution in [1.82, 2.24) is 10.1 Å². The lowest BCUT2D eigenvalue weighted by Gasteiger charge is -2.04. The Morgan fingerprint density at radius 3 is 2.53 bits per heavy atom. The first-order chi connectivity index (χ1) is 9.27. The topological polar surface area (TPSA) is 64.9 Å². The van der Waals surface area contributed by atoms with Crippen molar-refractivity contribution in [3.8, 4) is 22.4 Å². The zero-order chi connectivity index (χ0) is 13.2. The first-order valence-electron chi connectivity index (χ1n) is 5.68. The Balaban J connectivity index is 2.23. The van der Waals surface area contributed by atoms with E-state index < -0.39 is 0 Å². The molecule has 5 heteroatoms. The van der Waals surface area contributed by atoms with E-state index in [1.54, 1.807) is 12.4 Å². The van der Waals surface area contributed by atoms with E-state index in [0.717, 1.165) is 26.9 Å². The third kappa shape index (κ3) is 2.13. The maximum absolute atomic E-state index is 5.90. The smallest absolute Gasteiger partial charge is 0.230 e. The van der Waals surface area contributed by atoms with Crippen LogP contribution in [0.15, 0.2) is 57.8 Å². The fourth-order valence-electron chi connectivity index (χ4n) is 1.94. The van der Waals surface area contributed by atoms with Crippen molar-refractivity contribution in [2.45, 2.75) is 0 Å². The highest BCUT2D eigenvalue weighted by Crippen LogP contribution is 2.38. The highest BCUT2D eigenvalue weighted by atomic mass is 79.9. The monoisotopic (exact) mass is 315 g/mol. The molecule has 3 aromatic rings. The molecule has 0 fully saturated rings. The molecule has 0 aliphatic rings. The predicted octanol–water partition coefficient (Wildman–Crippen LogP) is 3.75.